The lowest BCUT2D eigenvalue weighted by molar-refractivity contribution is -0.152. The summed E-state index contributed by atoms with van der Waals surface area (Å²) in [6, 6.07) is 9.49. The van der Waals surface area contributed by atoms with Crippen molar-refractivity contribution in [3.63, 3.8) is 0 Å². The van der Waals surface area contributed by atoms with Crippen molar-refractivity contribution in [3.05, 3.63) is 35.7 Å². The monoisotopic (exact) mass is 446 g/mol. The van der Waals surface area contributed by atoms with Crippen molar-refractivity contribution in [2.45, 2.75) is 19.8 Å². The Bertz CT molecular complexity index is 1020. The molecule has 0 radical (unpaired) electrons. The van der Waals surface area contributed by atoms with E-state index in [9.17, 15) is 23.3 Å². The van der Waals surface area contributed by atoms with E-state index in [0.29, 0.717) is 18.7 Å². The van der Waals surface area contributed by atoms with Crippen LogP contribution in [0.2, 0.25) is 0 Å². The molecule has 0 amide bonds. The van der Waals surface area contributed by atoms with E-state index in [1.54, 1.807) is 30.8 Å². The van der Waals surface area contributed by atoms with Gasteiger partial charge in [-0.1, -0.05) is 12.1 Å². The van der Waals surface area contributed by atoms with Crippen molar-refractivity contribution >= 4 is 33.2 Å². The third-order valence-electron chi connectivity index (χ3n) is 5.75. The molecule has 1 aromatic carbocycles. The zero-order chi connectivity index (χ0) is 22.8. The SMILES string of the molecule is CCS(=O)(=O)N1CCC(C(=O)OCC(=O)C(C#N)=C2N(C)c3ccccc3N2C)CC1. The summed E-state index contributed by atoms with van der Waals surface area (Å²) in [7, 11) is 0.263. The average molecular weight is 447 g/mol. The molecule has 10 heteroatoms. The fourth-order valence-corrected chi connectivity index (χ4v) is 5.07. The van der Waals surface area contributed by atoms with Gasteiger partial charge in [0, 0.05) is 27.2 Å². The van der Waals surface area contributed by atoms with Crippen LogP contribution in [0.4, 0.5) is 11.4 Å². The highest BCUT2D eigenvalue weighted by Crippen LogP contribution is 2.40. The number of nitriles is 1. The highest BCUT2D eigenvalue weighted by molar-refractivity contribution is 7.89. The number of sulfonamides is 1. The summed E-state index contributed by atoms with van der Waals surface area (Å²) in [4.78, 5) is 28.6. The quantitative estimate of drug-likeness (QED) is 0.367. The number of piperidine rings is 1. The van der Waals surface area contributed by atoms with Gasteiger partial charge in [-0.3, -0.25) is 9.59 Å². The number of hydrogen-bond acceptors (Lipinski definition) is 8. The lowest BCUT2D eigenvalue weighted by Crippen LogP contribution is -2.41. The Balaban J connectivity index is 1.64. The molecular weight excluding hydrogens is 420 g/mol. The van der Waals surface area contributed by atoms with E-state index in [2.05, 4.69) is 0 Å². The lowest BCUT2D eigenvalue weighted by atomic mass is 9.98. The Kier molecular flexibility index (Phi) is 6.67. The largest absolute Gasteiger partial charge is 0.457 e. The third kappa shape index (κ3) is 4.43. The summed E-state index contributed by atoms with van der Waals surface area (Å²) in [6.45, 7) is 1.56. The van der Waals surface area contributed by atoms with Crippen molar-refractivity contribution in [1.82, 2.24) is 4.31 Å². The van der Waals surface area contributed by atoms with Crippen LogP contribution in [-0.2, 0) is 24.3 Å². The number of nitrogens with zero attached hydrogens (tertiary/aromatic N) is 4. The van der Waals surface area contributed by atoms with Gasteiger partial charge in [-0.25, -0.2) is 12.7 Å². The van der Waals surface area contributed by atoms with Crippen molar-refractivity contribution in [3.8, 4) is 6.07 Å². The van der Waals surface area contributed by atoms with E-state index in [4.69, 9.17) is 4.74 Å². The molecule has 166 valence electrons. The van der Waals surface area contributed by atoms with Gasteiger partial charge >= 0.3 is 5.97 Å². The number of carbonyl (C=O) groups is 2. The molecule has 3 rings (SSSR count). The molecule has 2 aliphatic heterocycles. The second kappa shape index (κ2) is 9.08. The van der Waals surface area contributed by atoms with Gasteiger partial charge in [-0.15, -0.1) is 0 Å². The molecule has 1 fully saturated rings. The standard InChI is InChI=1S/C21H26N4O5S/c1-4-31(28,29)25-11-9-15(10-12-25)21(27)30-14-19(26)16(13-22)20-23(2)17-7-5-6-8-18(17)24(20)3/h5-8,15H,4,9-12,14H2,1-3H3. The molecule has 0 spiro atoms. The van der Waals surface area contributed by atoms with Gasteiger partial charge in [0.2, 0.25) is 15.8 Å². The molecule has 0 aliphatic carbocycles. The first kappa shape index (κ1) is 22.8. The second-order valence-electron chi connectivity index (χ2n) is 7.52. The summed E-state index contributed by atoms with van der Waals surface area (Å²) < 4.78 is 30.5. The average Bonchev–Trinajstić information content (AvgIpc) is 3.03. The van der Waals surface area contributed by atoms with E-state index < -0.39 is 34.3 Å². The number of carbonyl (C=O) groups excluding carboxylic acids is 2. The summed E-state index contributed by atoms with van der Waals surface area (Å²) in [6.07, 6.45) is 0.693. The fourth-order valence-electron chi connectivity index (χ4n) is 3.94. The molecular formula is C21H26N4O5S. The first-order valence-electron chi connectivity index (χ1n) is 10.1. The molecule has 0 N–H and O–H groups in total. The zero-order valence-electron chi connectivity index (χ0n) is 17.9. The minimum absolute atomic E-state index is 0.0228. The van der Waals surface area contributed by atoms with Crippen LogP contribution in [0.25, 0.3) is 0 Å². The van der Waals surface area contributed by atoms with E-state index in [-0.39, 0.29) is 24.4 Å². The van der Waals surface area contributed by atoms with Crippen LogP contribution in [0.3, 0.4) is 0 Å². The highest BCUT2D eigenvalue weighted by Gasteiger charge is 2.33. The molecule has 0 unspecified atom stereocenters. The van der Waals surface area contributed by atoms with Gasteiger partial charge < -0.3 is 14.5 Å². The molecule has 0 saturated carbocycles. The van der Waals surface area contributed by atoms with E-state index in [1.807, 2.05) is 30.3 Å². The Labute approximate surface area is 182 Å². The van der Waals surface area contributed by atoms with Gasteiger partial charge in [0.25, 0.3) is 0 Å². The van der Waals surface area contributed by atoms with Crippen molar-refractivity contribution in [1.29, 1.82) is 5.26 Å². The number of rotatable bonds is 6. The van der Waals surface area contributed by atoms with Crippen LogP contribution in [0.15, 0.2) is 35.7 Å². The number of Topliss-reactive ketones (excluding diaryl/α,β-unsaturated/α-hetero) is 1. The lowest BCUT2D eigenvalue weighted by Gasteiger charge is -2.29. The summed E-state index contributed by atoms with van der Waals surface area (Å²) >= 11 is 0. The first-order chi connectivity index (χ1) is 14.7. The molecule has 0 bridgehead atoms. The second-order valence-corrected chi connectivity index (χ2v) is 9.78. The highest BCUT2D eigenvalue weighted by atomic mass is 32.2. The predicted octanol–water partition coefficient (Wildman–Crippen LogP) is 1.48. The molecule has 2 aliphatic rings. The summed E-state index contributed by atoms with van der Waals surface area (Å²) in [5.74, 6) is -1.13. The van der Waals surface area contributed by atoms with Gasteiger partial charge in [0.05, 0.1) is 23.0 Å². The molecule has 9 nitrogen and oxygen atoms in total. The normalized spacial score (nSPS) is 17.3. The Morgan fingerprint density at radius 2 is 1.68 bits per heavy atom. The van der Waals surface area contributed by atoms with Gasteiger partial charge in [0.15, 0.2) is 6.61 Å². The number of anilines is 2. The number of hydrogen-bond donors (Lipinski definition) is 0. The molecule has 1 aromatic rings. The number of benzene rings is 1. The van der Waals surface area contributed by atoms with E-state index in [0.717, 1.165) is 11.4 Å². The van der Waals surface area contributed by atoms with Crippen LogP contribution in [0.1, 0.15) is 19.8 Å². The number of esters is 1. The van der Waals surface area contributed by atoms with Crippen molar-refractivity contribution in [2.75, 3.05) is 49.3 Å². The minimum Gasteiger partial charge on any atom is -0.457 e. The van der Waals surface area contributed by atoms with Crippen LogP contribution >= 0.6 is 0 Å². The molecule has 0 aromatic heterocycles. The van der Waals surface area contributed by atoms with E-state index >= 15 is 0 Å². The number of ether oxygens (including phenoxy) is 1. The number of fused-ring (bicyclic) bond motifs is 1. The van der Waals surface area contributed by atoms with Crippen LogP contribution < -0.4 is 9.80 Å². The summed E-state index contributed by atoms with van der Waals surface area (Å²) in [5.41, 5.74) is 1.65. The number of para-hydroxylation sites is 2. The van der Waals surface area contributed by atoms with E-state index in [1.165, 1.54) is 4.31 Å². The molecule has 31 heavy (non-hydrogen) atoms. The van der Waals surface area contributed by atoms with Crippen LogP contribution in [0.5, 0.6) is 0 Å². The van der Waals surface area contributed by atoms with Crippen molar-refractivity contribution < 1.29 is 22.7 Å². The summed E-state index contributed by atoms with van der Waals surface area (Å²) in [5, 5.41) is 9.63. The topological polar surface area (TPSA) is 111 Å². The maximum absolute atomic E-state index is 12.7. The third-order valence-corrected chi connectivity index (χ3v) is 7.63. The Morgan fingerprint density at radius 3 is 2.16 bits per heavy atom. The van der Waals surface area contributed by atoms with Gasteiger partial charge in [0.1, 0.15) is 17.5 Å². The van der Waals surface area contributed by atoms with Crippen LogP contribution in [-0.4, -0.2) is 64.0 Å². The van der Waals surface area contributed by atoms with Crippen LogP contribution in [0, 0.1) is 17.2 Å². The van der Waals surface area contributed by atoms with Crippen molar-refractivity contribution in [2.24, 2.45) is 5.92 Å². The number of ketones is 1. The smallest absolute Gasteiger partial charge is 0.309 e. The minimum atomic E-state index is -3.28. The Morgan fingerprint density at radius 1 is 1.13 bits per heavy atom. The zero-order valence-corrected chi connectivity index (χ0v) is 18.7. The first-order valence-corrected chi connectivity index (χ1v) is 11.7. The fraction of sp³-hybridized carbons (Fsp3) is 0.476. The predicted molar refractivity (Wildman–Crippen MR) is 116 cm³/mol. The maximum Gasteiger partial charge on any atom is 0.309 e. The Hall–Kier alpha value is -2.90. The molecule has 2 heterocycles. The van der Waals surface area contributed by atoms with Gasteiger partial charge in [-0.05, 0) is 31.9 Å². The molecule has 1 saturated heterocycles. The molecule has 0 atom stereocenters. The maximum atomic E-state index is 12.7. The van der Waals surface area contributed by atoms with Gasteiger partial charge in [-0.2, -0.15) is 5.26 Å².